The standard InChI is InChI=1S/C15H19BrN4O/c1-11-13(12(2)21-18-11)10-19-6-8-20(9-7-19)15-14(16)4-3-5-17-15/h3-5H,6-10H2,1-2H3. The van der Waals surface area contributed by atoms with Gasteiger partial charge in [-0.25, -0.2) is 4.98 Å². The summed E-state index contributed by atoms with van der Waals surface area (Å²) in [5, 5.41) is 4.03. The van der Waals surface area contributed by atoms with Gasteiger partial charge in [-0.1, -0.05) is 5.16 Å². The van der Waals surface area contributed by atoms with Crippen LogP contribution in [0.25, 0.3) is 0 Å². The van der Waals surface area contributed by atoms with Gasteiger partial charge in [0.15, 0.2) is 0 Å². The van der Waals surface area contributed by atoms with E-state index in [-0.39, 0.29) is 0 Å². The molecule has 0 N–H and O–H groups in total. The molecule has 0 spiro atoms. The molecule has 1 aliphatic rings. The van der Waals surface area contributed by atoms with Crippen LogP contribution in [-0.4, -0.2) is 41.2 Å². The molecule has 2 aromatic rings. The molecule has 5 nitrogen and oxygen atoms in total. The maximum absolute atomic E-state index is 5.24. The van der Waals surface area contributed by atoms with Crippen LogP contribution in [-0.2, 0) is 6.54 Å². The van der Waals surface area contributed by atoms with E-state index < -0.39 is 0 Å². The van der Waals surface area contributed by atoms with Crippen LogP contribution >= 0.6 is 15.9 Å². The first-order valence-corrected chi connectivity index (χ1v) is 7.94. The third kappa shape index (κ3) is 3.11. The summed E-state index contributed by atoms with van der Waals surface area (Å²) in [5.74, 6) is 1.97. The maximum atomic E-state index is 5.24. The highest BCUT2D eigenvalue weighted by atomic mass is 79.9. The van der Waals surface area contributed by atoms with Crippen molar-refractivity contribution in [2.75, 3.05) is 31.1 Å². The zero-order chi connectivity index (χ0) is 14.8. The van der Waals surface area contributed by atoms with E-state index in [0.717, 1.165) is 54.5 Å². The predicted molar refractivity (Wildman–Crippen MR) is 85.4 cm³/mol. The lowest BCUT2D eigenvalue weighted by Crippen LogP contribution is -2.46. The van der Waals surface area contributed by atoms with Crippen molar-refractivity contribution in [1.82, 2.24) is 15.0 Å². The molecular weight excluding hydrogens is 332 g/mol. The molecule has 0 aliphatic carbocycles. The second-order valence-corrected chi connectivity index (χ2v) is 6.23. The van der Waals surface area contributed by atoms with Gasteiger partial charge in [-0.2, -0.15) is 0 Å². The van der Waals surface area contributed by atoms with E-state index >= 15 is 0 Å². The number of nitrogens with zero attached hydrogens (tertiary/aromatic N) is 4. The lowest BCUT2D eigenvalue weighted by molar-refractivity contribution is 0.247. The fourth-order valence-corrected chi connectivity index (χ4v) is 3.18. The molecule has 1 aliphatic heterocycles. The largest absolute Gasteiger partial charge is 0.361 e. The lowest BCUT2D eigenvalue weighted by Gasteiger charge is -2.35. The van der Waals surface area contributed by atoms with Gasteiger partial charge in [-0.15, -0.1) is 0 Å². The number of piperazine rings is 1. The third-order valence-corrected chi connectivity index (χ3v) is 4.59. The summed E-state index contributed by atoms with van der Waals surface area (Å²) >= 11 is 3.58. The van der Waals surface area contributed by atoms with E-state index in [9.17, 15) is 0 Å². The van der Waals surface area contributed by atoms with E-state index in [1.165, 1.54) is 5.56 Å². The molecule has 6 heteroatoms. The first kappa shape index (κ1) is 14.5. The van der Waals surface area contributed by atoms with Crippen molar-refractivity contribution in [2.45, 2.75) is 20.4 Å². The highest BCUT2D eigenvalue weighted by Crippen LogP contribution is 2.24. The van der Waals surface area contributed by atoms with Crippen molar-refractivity contribution in [3.05, 3.63) is 39.8 Å². The lowest BCUT2D eigenvalue weighted by atomic mass is 10.2. The third-order valence-electron chi connectivity index (χ3n) is 3.97. The number of halogens is 1. The number of anilines is 1. The monoisotopic (exact) mass is 350 g/mol. The highest BCUT2D eigenvalue weighted by Gasteiger charge is 2.21. The number of rotatable bonds is 3. The predicted octanol–water partition coefficient (Wildman–Crippen LogP) is 2.77. The molecule has 1 fully saturated rings. The Balaban J connectivity index is 1.62. The molecule has 0 radical (unpaired) electrons. The van der Waals surface area contributed by atoms with Gasteiger partial charge < -0.3 is 9.42 Å². The Labute approximate surface area is 133 Å². The van der Waals surface area contributed by atoms with Gasteiger partial charge in [0.05, 0.1) is 10.2 Å². The summed E-state index contributed by atoms with van der Waals surface area (Å²) in [6.07, 6.45) is 1.84. The highest BCUT2D eigenvalue weighted by molar-refractivity contribution is 9.10. The van der Waals surface area contributed by atoms with Crippen LogP contribution in [0.2, 0.25) is 0 Å². The van der Waals surface area contributed by atoms with E-state index in [1.807, 2.05) is 32.2 Å². The van der Waals surface area contributed by atoms with Crippen LogP contribution < -0.4 is 4.90 Å². The van der Waals surface area contributed by atoms with Crippen LogP contribution in [0.1, 0.15) is 17.0 Å². The van der Waals surface area contributed by atoms with Gasteiger partial charge in [0, 0.05) is 44.5 Å². The Morgan fingerprint density at radius 3 is 2.62 bits per heavy atom. The molecule has 1 saturated heterocycles. The molecule has 2 aromatic heterocycles. The Morgan fingerprint density at radius 1 is 1.24 bits per heavy atom. The zero-order valence-corrected chi connectivity index (χ0v) is 13.9. The van der Waals surface area contributed by atoms with Crippen molar-refractivity contribution >= 4 is 21.7 Å². The summed E-state index contributed by atoms with van der Waals surface area (Å²) in [6.45, 7) is 8.92. The van der Waals surface area contributed by atoms with Gasteiger partial charge in [0.2, 0.25) is 0 Å². The molecule has 0 atom stereocenters. The van der Waals surface area contributed by atoms with Crippen molar-refractivity contribution in [2.24, 2.45) is 0 Å². The van der Waals surface area contributed by atoms with Crippen LogP contribution in [0.3, 0.4) is 0 Å². The second kappa shape index (κ2) is 6.15. The summed E-state index contributed by atoms with van der Waals surface area (Å²) in [6, 6.07) is 3.99. The molecule has 3 rings (SSSR count). The quantitative estimate of drug-likeness (QED) is 0.851. The van der Waals surface area contributed by atoms with Gasteiger partial charge in [0.25, 0.3) is 0 Å². The average Bonchev–Trinajstić information content (AvgIpc) is 2.81. The Hall–Kier alpha value is -1.40. The summed E-state index contributed by atoms with van der Waals surface area (Å²) in [7, 11) is 0. The van der Waals surface area contributed by atoms with Crippen molar-refractivity contribution in [1.29, 1.82) is 0 Å². The molecular formula is C15H19BrN4O. The van der Waals surface area contributed by atoms with E-state index in [4.69, 9.17) is 4.52 Å². The Morgan fingerprint density at radius 2 is 2.00 bits per heavy atom. The summed E-state index contributed by atoms with van der Waals surface area (Å²) in [4.78, 5) is 9.24. The molecule has 0 saturated carbocycles. The number of aromatic nitrogens is 2. The van der Waals surface area contributed by atoms with E-state index in [1.54, 1.807) is 0 Å². The van der Waals surface area contributed by atoms with Crippen LogP contribution in [0.4, 0.5) is 5.82 Å². The van der Waals surface area contributed by atoms with Gasteiger partial charge in [0.1, 0.15) is 11.6 Å². The molecule has 0 bridgehead atoms. The van der Waals surface area contributed by atoms with E-state index in [0.29, 0.717) is 0 Å². The minimum Gasteiger partial charge on any atom is -0.361 e. The summed E-state index contributed by atoms with van der Waals surface area (Å²) in [5.41, 5.74) is 2.23. The van der Waals surface area contributed by atoms with Crippen molar-refractivity contribution < 1.29 is 4.52 Å². The first-order valence-electron chi connectivity index (χ1n) is 7.14. The van der Waals surface area contributed by atoms with E-state index in [2.05, 4.69) is 35.9 Å². The molecule has 0 aromatic carbocycles. The zero-order valence-electron chi connectivity index (χ0n) is 12.3. The fourth-order valence-electron chi connectivity index (χ4n) is 2.68. The van der Waals surface area contributed by atoms with Crippen LogP contribution in [0, 0.1) is 13.8 Å². The number of hydrogen-bond donors (Lipinski definition) is 0. The molecule has 3 heterocycles. The Bertz CT molecular complexity index is 600. The second-order valence-electron chi connectivity index (χ2n) is 5.37. The van der Waals surface area contributed by atoms with Crippen LogP contribution in [0.5, 0.6) is 0 Å². The van der Waals surface area contributed by atoms with Gasteiger partial charge in [-0.05, 0) is 41.9 Å². The minimum atomic E-state index is 0.915. The number of aryl methyl sites for hydroxylation is 2. The SMILES string of the molecule is Cc1noc(C)c1CN1CCN(c2ncccc2Br)CC1. The average molecular weight is 351 g/mol. The smallest absolute Gasteiger partial charge is 0.142 e. The summed E-state index contributed by atoms with van der Waals surface area (Å²) < 4.78 is 6.30. The molecule has 0 unspecified atom stereocenters. The fraction of sp³-hybridized carbons (Fsp3) is 0.467. The first-order chi connectivity index (χ1) is 10.1. The van der Waals surface area contributed by atoms with Crippen LogP contribution in [0.15, 0.2) is 27.3 Å². The van der Waals surface area contributed by atoms with Gasteiger partial charge >= 0.3 is 0 Å². The van der Waals surface area contributed by atoms with Gasteiger partial charge in [-0.3, -0.25) is 4.90 Å². The minimum absolute atomic E-state index is 0.915. The topological polar surface area (TPSA) is 45.4 Å². The van der Waals surface area contributed by atoms with Crippen molar-refractivity contribution in [3.8, 4) is 0 Å². The molecule has 0 amide bonds. The number of hydrogen-bond acceptors (Lipinski definition) is 5. The van der Waals surface area contributed by atoms with Crippen molar-refractivity contribution in [3.63, 3.8) is 0 Å². The normalized spacial score (nSPS) is 16.4. The molecule has 112 valence electrons. The molecule has 21 heavy (non-hydrogen) atoms. The number of pyridine rings is 1. The Kier molecular flexibility index (Phi) is 4.26. The maximum Gasteiger partial charge on any atom is 0.142 e.